The molecule has 0 saturated heterocycles. The molecular formula is C49H68F2N2O11. The van der Waals surface area contributed by atoms with Crippen molar-refractivity contribution >= 4 is 28.8 Å². The van der Waals surface area contributed by atoms with Gasteiger partial charge in [-0.1, -0.05) is 110 Å². The van der Waals surface area contributed by atoms with Crippen LogP contribution in [0.2, 0.25) is 0 Å². The second kappa shape index (κ2) is 19.7. The first-order valence-electron chi connectivity index (χ1n) is 23.4. The summed E-state index contributed by atoms with van der Waals surface area (Å²) in [6, 6.07) is 1.84. The molecule has 13 nitrogen and oxygen atoms in total. The van der Waals surface area contributed by atoms with Crippen LogP contribution in [0, 0.1) is 40.7 Å². The van der Waals surface area contributed by atoms with Crippen molar-refractivity contribution in [2.45, 2.75) is 154 Å². The van der Waals surface area contributed by atoms with Gasteiger partial charge in [0.2, 0.25) is 5.82 Å². The maximum Gasteiger partial charge on any atom is 0.410 e. The highest BCUT2D eigenvalue weighted by Gasteiger charge is 2.87. The van der Waals surface area contributed by atoms with Crippen LogP contribution in [0.25, 0.3) is 11.0 Å². The molecule has 4 aliphatic rings. The molecule has 2 aromatic rings. The van der Waals surface area contributed by atoms with E-state index in [9.17, 15) is 53.5 Å². The van der Waals surface area contributed by atoms with Crippen molar-refractivity contribution in [3.8, 4) is 5.75 Å². The van der Waals surface area contributed by atoms with Crippen LogP contribution in [0.3, 0.4) is 0 Å². The lowest BCUT2D eigenvalue weighted by atomic mass is 9.59. The number of hydrogen-bond donors (Lipinski definition) is 6. The number of ketones is 1. The van der Waals surface area contributed by atoms with Crippen LogP contribution in [0.4, 0.5) is 13.6 Å². The number of carbonyl (C=O) groups excluding carboxylic acids is 3. The molecule has 0 bridgehead atoms. The molecule has 64 heavy (non-hydrogen) atoms. The number of aromatic hydroxyl groups is 1. The van der Waals surface area contributed by atoms with E-state index in [1.165, 1.54) is 0 Å². The predicted octanol–water partition coefficient (Wildman–Crippen LogP) is 7.38. The number of nitrogens with one attached hydrogen (secondary N) is 1. The number of phenolic OH excluding ortho intramolecular Hbond substituents is 1. The lowest BCUT2D eigenvalue weighted by Crippen LogP contribution is -2.65. The van der Waals surface area contributed by atoms with Gasteiger partial charge in [-0.2, -0.15) is 4.39 Å². The SMILES string of the molecule is CCCCCCN(CCCCCCCCCCCCNC(=O)c1cc2cc(F)c(O)c(F)c2oc1=O)C(=O)O[C@@]12[C@H](O)[C@@H](C)[C@@]3(O)[C@@H](C=C(CO)C[C@]4(O)C(=O)C(C)=C[C@@H]34)[C@@H]1C2(C)C. The fourth-order valence-corrected chi connectivity index (χ4v) is 11.4. The number of hydrogen-bond acceptors (Lipinski definition) is 11. The fourth-order valence-electron chi connectivity index (χ4n) is 11.4. The topological polar surface area (TPSA) is 207 Å². The molecule has 6 N–H and O–H groups in total. The summed E-state index contributed by atoms with van der Waals surface area (Å²) in [7, 11) is 0. The lowest BCUT2D eigenvalue weighted by molar-refractivity contribution is -0.210. The largest absolute Gasteiger partial charge is 0.503 e. The van der Waals surface area contributed by atoms with Crippen molar-refractivity contribution in [3.05, 3.63) is 63.0 Å². The third-order valence-corrected chi connectivity index (χ3v) is 15.1. The molecule has 0 aliphatic heterocycles. The van der Waals surface area contributed by atoms with E-state index >= 15 is 0 Å². The highest BCUT2D eigenvalue weighted by Crippen LogP contribution is 2.76. The minimum absolute atomic E-state index is 0.136. The second-order valence-electron chi connectivity index (χ2n) is 19.5. The van der Waals surface area contributed by atoms with Gasteiger partial charge in [0.15, 0.2) is 22.9 Å². The number of carbonyl (C=O) groups is 3. The third-order valence-electron chi connectivity index (χ3n) is 15.1. The van der Waals surface area contributed by atoms with E-state index in [1.807, 2.05) is 13.8 Å². The molecular weight excluding hydrogens is 831 g/mol. The van der Waals surface area contributed by atoms with Crippen LogP contribution in [-0.4, -0.2) is 97.4 Å². The predicted molar refractivity (Wildman–Crippen MR) is 235 cm³/mol. The average molecular weight is 899 g/mol. The highest BCUT2D eigenvalue weighted by molar-refractivity contribution is 6.05. The molecule has 0 radical (unpaired) electrons. The molecule has 0 unspecified atom stereocenters. The van der Waals surface area contributed by atoms with E-state index in [4.69, 9.17) is 9.15 Å². The molecule has 1 aromatic carbocycles. The van der Waals surface area contributed by atoms with E-state index in [1.54, 1.807) is 30.9 Å². The Bertz CT molecular complexity index is 2190. The van der Waals surface area contributed by atoms with Crippen LogP contribution in [-0.2, 0) is 9.53 Å². The van der Waals surface area contributed by atoms with Crippen molar-refractivity contribution in [1.29, 1.82) is 0 Å². The van der Waals surface area contributed by atoms with Gasteiger partial charge in [-0.3, -0.25) is 9.59 Å². The number of halogens is 2. The number of fused-ring (bicyclic) bond motifs is 6. The maximum absolute atomic E-state index is 14.2. The average Bonchev–Trinajstić information content (AvgIpc) is 3.69. The number of phenols is 1. The van der Waals surface area contributed by atoms with Crippen molar-refractivity contribution in [2.75, 3.05) is 26.2 Å². The summed E-state index contributed by atoms with van der Waals surface area (Å²) >= 11 is 0. The number of aliphatic hydroxyl groups is 4. The number of unbranched alkanes of at least 4 members (excludes halogenated alkanes) is 12. The summed E-state index contributed by atoms with van der Waals surface area (Å²) in [5.41, 5.74) is -7.14. The molecule has 0 spiro atoms. The third kappa shape index (κ3) is 8.90. The van der Waals surface area contributed by atoms with Gasteiger partial charge in [-0.05, 0) is 49.5 Å². The highest BCUT2D eigenvalue weighted by atomic mass is 19.1. The van der Waals surface area contributed by atoms with Gasteiger partial charge in [0.05, 0.1) is 12.2 Å². The zero-order valence-electron chi connectivity index (χ0n) is 38.0. The van der Waals surface area contributed by atoms with E-state index < -0.39 is 105 Å². The van der Waals surface area contributed by atoms with Crippen molar-refractivity contribution < 1.29 is 57.9 Å². The molecule has 2 amide bonds. The summed E-state index contributed by atoms with van der Waals surface area (Å²) in [5, 5.41) is 58.9. The standard InChI is InChI=1S/C49H68F2N2O11/c1-6-7-8-18-21-53(22-19-16-14-12-10-9-11-13-15-17-20-52-43(58)33-25-32-26-35(50)38(55)37(51)39(32)63-44(33)59)45(60)64-49-40(46(49,4)5)34-24-31(28-54)27-47(61)36(23-29(2)41(47)56)48(34,62)30(3)42(49)57/h23-26,30,34,36,40,42,54-55,57,61-62H,6-22,27-28H2,1-5H3,(H,52,58)/t30-,34+,36-,40-,42-,47-,48-,49-/m1/s1. The normalized spacial score (nSPS) is 29.0. The molecule has 1 heterocycles. The molecule has 2 saturated carbocycles. The molecule has 354 valence electrons. The van der Waals surface area contributed by atoms with Gasteiger partial charge >= 0.3 is 11.7 Å². The quantitative estimate of drug-likeness (QED) is 0.0414. The fraction of sp³-hybridized carbons (Fsp3) is 0.673. The van der Waals surface area contributed by atoms with Gasteiger partial charge in [0, 0.05) is 60.5 Å². The summed E-state index contributed by atoms with van der Waals surface area (Å²) in [6.45, 7) is 10.2. The van der Waals surface area contributed by atoms with E-state index in [2.05, 4.69) is 12.2 Å². The van der Waals surface area contributed by atoms with Crippen molar-refractivity contribution in [3.63, 3.8) is 0 Å². The van der Waals surface area contributed by atoms with Gasteiger partial charge in [-0.15, -0.1) is 0 Å². The van der Waals surface area contributed by atoms with Crippen LogP contribution in [0.1, 0.15) is 141 Å². The first-order valence-corrected chi connectivity index (χ1v) is 23.4. The van der Waals surface area contributed by atoms with E-state index in [-0.39, 0.29) is 17.4 Å². The Morgan fingerprint density at radius 2 is 1.52 bits per heavy atom. The van der Waals surface area contributed by atoms with Gasteiger partial charge in [0.25, 0.3) is 5.91 Å². The Labute approximate surface area is 373 Å². The number of benzene rings is 1. The summed E-state index contributed by atoms with van der Waals surface area (Å²) in [6.07, 6.45) is 14.8. The van der Waals surface area contributed by atoms with Gasteiger partial charge < -0.3 is 44.9 Å². The Balaban J connectivity index is 0.948. The number of nitrogens with zero attached hydrogens (tertiary/aromatic N) is 1. The number of rotatable bonds is 21. The minimum Gasteiger partial charge on any atom is -0.503 e. The molecule has 4 aliphatic carbocycles. The van der Waals surface area contributed by atoms with E-state index in [0.29, 0.717) is 37.2 Å². The van der Waals surface area contributed by atoms with Crippen molar-refractivity contribution in [2.24, 2.45) is 29.1 Å². The zero-order valence-corrected chi connectivity index (χ0v) is 38.0. The molecule has 6 rings (SSSR count). The molecule has 2 fully saturated rings. The van der Waals surface area contributed by atoms with Crippen LogP contribution in [0.5, 0.6) is 5.75 Å². The molecule has 15 heteroatoms. The van der Waals surface area contributed by atoms with E-state index in [0.717, 1.165) is 95.6 Å². The van der Waals surface area contributed by atoms with Crippen molar-refractivity contribution in [1.82, 2.24) is 10.2 Å². The smallest absolute Gasteiger partial charge is 0.410 e. The zero-order chi connectivity index (χ0) is 46.8. The van der Waals surface area contributed by atoms with Gasteiger partial charge in [0.1, 0.15) is 22.9 Å². The Morgan fingerprint density at radius 3 is 2.12 bits per heavy atom. The molecule has 1 aromatic heterocycles. The Kier molecular flexibility index (Phi) is 15.2. The van der Waals surface area contributed by atoms with Crippen LogP contribution < -0.4 is 10.9 Å². The molecule has 8 atom stereocenters. The first-order chi connectivity index (χ1) is 30.3. The maximum atomic E-state index is 14.2. The lowest BCUT2D eigenvalue weighted by Gasteiger charge is -2.52. The second-order valence-corrected chi connectivity index (χ2v) is 19.5. The number of Topliss-reactive ketones (excluding diaryl/α,β-unsaturated/α-hetero) is 1. The van der Waals surface area contributed by atoms with Crippen LogP contribution in [0.15, 0.2) is 44.6 Å². The summed E-state index contributed by atoms with van der Waals surface area (Å²) < 4.78 is 39.2. The number of amides is 2. The minimum atomic E-state index is -1.96. The summed E-state index contributed by atoms with van der Waals surface area (Å²) in [5.74, 6) is -8.27. The number of ether oxygens (including phenoxy) is 1. The Morgan fingerprint density at radius 1 is 0.922 bits per heavy atom. The van der Waals surface area contributed by atoms with Crippen LogP contribution >= 0.6 is 0 Å². The Hall–Kier alpha value is -4.18. The summed E-state index contributed by atoms with van der Waals surface area (Å²) in [4.78, 5) is 54.1. The number of aliphatic hydroxyl groups excluding tert-OH is 2. The monoisotopic (exact) mass is 898 g/mol. The first kappa shape index (κ1) is 49.3. The van der Waals surface area contributed by atoms with Gasteiger partial charge in [-0.25, -0.2) is 14.0 Å².